The Morgan fingerprint density at radius 3 is 2.23 bits per heavy atom. The van der Waals surface area contributed by atoms with E-state index in [1.807, 2.05) is 36.4 Å². The highest BCUT2D eigenvalue weighted by atomic mass is 16.5. The van der Waals surface area contributed by atoms with Crippen LogP contribution in [0, 0.1) is 5.92 Å². The van der Waals surface area contributed by atoms with Crippen molar-refractivity contribution in [3.8, 4) is 11.1 Å². The largest absolute Gasteiger partial charge is 0.481 e. The first-order chi connectivity index (χ1) is 14.9. The maximum Gasteiger partial charge on any atom is 0.407 e. The summed E-state index contributed by atoms with van der Waals surface area (Å²) < 4.78 is 5.47. The van der Waals surface area contributed by atoms with Gasteiger partial charge >= 0.3 is 12.1 Å². The summed E-state index contributed by atoms with van der Waals surface area (Å²) in [6, 6.07) is 15.2. The summed E-state index contributed by atoms with van der Waals surface area (Å²) in [6.07, 6.45) is 0.937. The van der Waals surface area contributed by atoms with E-state index in [1.165, 1.54) is 0 Å². The van der Waals surface area contributed by atoms with Gasteiger partial charge in [-0.05, 0) is 48.4 Å². The molecule has 1 fully saturated rings. The molecule has 0 aliphatic heterocycles. The number of hydrogen-bond donors (Lipinski definition) is 3. The molecule has 2 amide bonds. The summed E-state index contributed by atoms with van der Waals surface area (Å²) in [5, 5.41) is 14.5. The summed E-state index contributed by atoms with van der Waals surface area (Å²) in [5.41, 5.74) is 4.54. The lowest BCUT2D eigenvalue weighted by molar-refractivity contribution is -0.141. The molecule has 7 nitrogen and oxygen atoms in total. The molecule has 2 aromatic carbocycles. The van der Waals surface area contributed by atoms with E-state index in [9.17, 15) is 14.4 Å². The van der Waals surface area contributed by atoms with Crippen molar-refractivity contribution >= 4 is 18.0 Å². The molecular formula is C24H26N2O5. The van der Waals surface area contributed by atoms with Gasteiger partial charge in [-0.2, -0.15) is 0 Å². The number of aliphatic carboxylic acids is 1. The average Bonchev–Trinajstić information content (AvgIpc) is 3.35. The van der Waals surface area contributed by atoms with Crippen molar-refractivity contribution in [2.45, 2.75) is 44.2 Å². The fourth-order valence-corrected chi connectivity index (χ4v) is 4.55. The van der Waals surface area contributed by atoms with Crippen LogP contribution in [0.5, 0.6) is 0 Å². The smallest absolute Gasteiger partial charge is 0.407 e. The van der Waals surface area contributed by atoms with Crippen LogP contribution in [-0.4, -0.2) is 41.8 Å². The zero-order valence-corrected chi connectivity index (χ0v) is 17.3. The Labute approximate surface area is 180 Å². The minimum absolute atomic E-state index is 0.0475. The van der Waals surface area contributed by atoms with Crippen molar-refractivity contribution in [2.75, 3.05) is 6.61 Å². The maximum absolute atomic E-state index is 12.4. The Kier molecular flexibility index (Phi) is 5.93. The molecule has 0 heterocycles. The van der Waals surface area contributed by atoms with Crippen LogP contribution in [0.3, 0.4) is 0 Å². The topological polar surface area (TPSA) is 105 Å². The second kappa shape index (κ2) is 8.79. The lowest BCUT2D eigenvalue weighted by atomic mass is 9.98. The van der Waals surface area contributed by atoms with E-state index in [0.717, 1.165) is 22.3 Å². The van der Waals surface area contributed by atoms with Gasteiger partial charge in [-0.3, -0.25) is 9.59 Å². The highest BCUT2D eigenvalue weighted by Crippen LogP contribution is 2.44. The lowest BCUT2D eigenvalue weighted by Gasteiger charge is -2.19. The summed E-state index contributed by atoms with van der Waals surface area (Å²) in [4.78, 5) is 35.8. The summed E-state index contributed by atoms with van der Waals surface area (Å²) in [6.45, 7) is 1.76. The first-order valence-corrected chi connectivity index (χ1v) is 10.6. The minimum Gasteiger partial charge on any atom is -0.481 e. The van der Waals surface area contributed by atoms with Gasteiger partial charge in [-0.1, -0.05) is 48.5 Å². The van der Waals surface area contributed by atoms with Gasteiger partial charge < -0.3 is 20.5 Å². The first kappa shape index (κ1) is 20.9. The third-order valence-corrected chi connectivity index (χ3v) is 6.20. The first-order valence-electron chi connectivity index (χ1n) is 10.6. The molecule has 162 valence electrons. The summed E-state index contributed by atoms with van der Waals surface area (Å²) in [7, 11) is 0. The SMILES string of the molecule is C[C@@H](NC(=O)OCC1c2ccccc2-c2ccccc21)C(=O)N[C@@H]1CC[C@H](C(=O)O)C1. The van der Waals surface area contributed by atoms with Gasteiger partial charge in [-0.15, -0.1) is 0 Å². The number of hydrogen-bond acceptors (Lipinski definition) is 4. The number of carboxylic acid groups (broad SMARTS) is 1. The molecule has 3 N–H and O–H groups in total. The molecule has 0 aromatic heterocycles. The number of carbonyl (C=O) groups excluding carboxylic acids is 2. The molecule has 4 rings (SSSR count). The molecule has 0 saturated heterocycles. The average molecular weight is 422 g/mol. The van der Waals surface area contributed by atoms with Crippen molar-refractivity contribution in [3.05, 3.63) is 59.7 Å². The molecule has 0 unspecified atom stereocenters. The number of carboxylic acids is 1. The molecule has 0 bridgehead atoms. The molecule has 2 aromatic rings. The second-order valence-electron chi connectivity index (χ2n) is 8.25. The van der Waals surface area contributed by atoms with Crippen LogP contribution in [0.15, 0.2) is 48.5 Å². The zero-order chi connectivity index (χ0) is 22.0. The Morgan fingerprint density at radius 1 is 1.03 bits per heavy atom. The highest BCUT2D eigenvalue weighted by Gasteiger charge is 2.32. The van der Waals surface area contributed by atoms with Crippen LogP contribution in [0.1, 0.15) is 43.2 Å². The molecule has 3 atom stereocenters. The Balaban J connectivity index is 1.30. The van der Waals surface area contributed by atoms with Crippen molar-refractivity contribution in [1.82, 2.24) is 10.6 Å². The van der Waals surface area contributed by atoms with E-state index in [2.05, 4.69) is 22.8 Å². The minimum atomic E-state index is -0.832. The van der Waals surface area contributed by atoms with Crippen LogP contribution >= 0.6 is 0 Å². The summed E-state index contributed by atoms with van der Waals surface area (Å²) in [5.74, 6) is -1.64. The Morgan fingerprint density at radius 2 is 1.65 bits per heavy atom. The Hall–Kier alpha value is -3.35. The van der Waals surface area contributed by atoms with Gasteiger partial charge in [0, 0.05) is 12.0 Å². The molecule has 7 heteroatoms. The number of nitrogens with one attached hydrogen (secondary N) is 2. The second-order valence-corrected chi connectivity index (χ2v) is 8.25. The van der Waals surface area contributed by atoms with E-state index in [1.54, 1.807) is 6.92 Å². The lowest BCUT2D eigenvalue weighted by Crippen LogP contribution is -2.47. The van der Waals surface area contributed by atoms with E-state index >= 15 is 0 Å². The molecule has 2 aliphatic rings. The van der Waals surface area contributed by atoms with Gasteiger partial charge in [0.05, 0.1) is 5.92 Å². The third kappa shape index (κ3) is 4.40. The monoisotopic (exact) mass is 422 g/mol. The maximum atomic E-state index is 12.4. The molecule has 0 radical (unpaired) electrons. The number of fused-ring (bicyclic) bond motifs is 3. The molecule has 1 saturated carbocycles. The van der Waals surface area contributed by atoms with Gasteiger partial charge in [0.15, 0.2) is 0 Å². The van der Waals surface area contributed by atoms with Gasteiger partial charge in [-0.25, -0.2) is 4.79 Å². The van der Waals surface area contributed by atoms with Crippen LogP contribution in [-0.2, 0) is 14.3 Å². The molecule has 2 aliphatic carbocycles. The van der Waals surface area contributed by atoms with Crippen LogP contribution in [0.4, 0.5) is 4.79 Å². The number of benzene rings is 2. The van der Waals surface area contributed by atoms with E-state index in [-0.39, 0.29) is 24.5 Å². The number of alkyl carbamates (subject to hydrolysis) is 1. The Bertz CT molecular complexity index is 959. The fraction of sp³-hybridized carbons (Fsp3) is 0.375. The predicted molar refractivity (Wildman–Crippen MR) is 115 cm³/mol. The van der Waals surface area contributed by atoms with Crippen molar-refractivity contribution in [2.24, 2.45) is 5.92 Å². The normalized spacial score (nSPS) is 20.4. The van der Waals surface area contributed by atoms with E-state index in [4.69, 9.17) is 9.84 Å². The van der Waals surface area contributed by atoms with E-state index < -0.39 is 24.0 Å². The third-order valence-electron chi connectivity index (χ3n) is 6.20. The van der Waals surface area contributed by atoms with Crippen LogP contribution in [0.2, 0.25) is 0 Å². The van der Waals surface area contributed by atoms with Crippen molar-refractivity contribution in [3.63, 3.8) is 0 Å². The van der Waals surface area contributed by atoms with E-state index in [0.29, 0.717) is 19.3 Å². The molecule has 0 spiro atoms. The van der Waals surface area contributed by atoms with Gasteiger partial charge in [0.1, 0.15) is 12.6 Å². The fourth-order valence-electron chi connectivity index (χ4n) is 4.55. The molecule has 31 heavy (non-hydrogen) atoms. The van der Waals surface area contributed by atoms with Crippen molar-refractivity contribution < 1.29 is 24.2 Å². The van der Waals surface area contributed by atoms with Gasteiger partial charge in [0.25, 0.3) is 0 Å². The number of amides is 2. The highest BCUT2D eigenvalue weighted by molar-refractivity contribution is 5.85. The standard InChI is InChI=1S/C24H26N2O5/c1-14(22(27)26-16-11-10-15(12-16)23(28)29)25-24(30)31-13-21-19-8-4-2-6-17(19)18-7-3-5-9-20(18)21/h2-9,14-16,21H,10-13H2,1H3,(H,25,30)(H,26,27)(H,28,29)/t14-,15+,16-/m1/s1. The van der Waals surface area contributed by atoms with Crippen LogP contribution < -0.4 is 10.6 Å². The predicted octanol–water partition coefficient (Wildman–Crippen LogP) is 3.28. The molecular weight excluding hydrogens is 396 g/mol. The number of ether oxygens (including phenoxy) is 1. The van der Waals surface area contributed by atoms with Gasteiger partial charge in [0.2, 0.25) is 5.91 Å². The number of rotatable bonds is 6. The summed E-state index contributed by atoms with van der Waals surface area (Å²) >= 11 is 0. The zero-order valence-electron chi connectivity index (χ0n) is 17.3. The van der Waals surface area contributed by atoms with Crippen molar-refractivity contribution in [1.29, 1.82) is 0 Å². The van der Waals surface area contributed by atoms with Crippen LogP contribution in [0.25, 0.3) is 11.1 Å². The number of carbonyl (C=O) groups is 3. The quantitative estimate of drug-likeness (QED) is 0.663.